The van der Waals surface area contributed by atoms with Crippen LogP contribution in [-0.4, -0.2) is 56.6 Å². The van der Waals surface area contributed by atoms with Crippen molar-refractivity contribution in [1.29, 1.82) is 0 Å². The van der Waals surface area contributed by atoms with Gasteiger partial charge in [0.2, 0.25) is 6.29 Å². The van der Waals surface area contributed by atoms with E-state index < -0.39 is 49.9 Å². The molecule has 11 heteroatoms. The second kappa shape index (κ2) is 11.2. The van der Waals surface area contributed by atoms with Gasteiger partial charge in [-0.25, -0.2) is 0 Å². The van der Waals surface area contributed by atoms with Gasteiger partial charge in [-0.2, -0.15) is 0 Å². The first-order valence-electron chi connectivity index (χ1n) is 11.5. The van der Waals surface area contributed by atoms with Crippen molar-refractivity contribution < 1.29 is 38.1 Å². The monoisotopic (exact) mass is 517 g/mol. The zero-order chi connectivity index (χ0) is 26.5. The van der Waals surface area contributed by atoms with Gasteiger partial charge in [0, 0.05) is 13.8 Å². The third-order valence-electron chi connectivity index (χ3n) is 5.94. The quantitative estimate of drug-likeness (QED) is 0.213. The maximum atomic E-state index is 11.9. The molecule has 4 atom stereocenters. The molecular weight excluding hydrogens is 486 g/mol. The summed E-state index contributed by atoms with van der Waals surface area (Å²) < 4.78 is 23.2. The van der Waals surface area contributed by atoms with Crippen molar-refractivity contribution >= 4 is 30.6 Å². The smallest absolute Gasteiger partial charge is 0.303 e. The number of esters is 2. The summed E-state index contributed by atoms with van der Waals surface area (Å²) in [5, 5.41) is 11.7. The Morgan fingerprint density at radius 2 is 1.39 bits per heavy atom. The van der Waals surface area contributed by atoms with Crippen LogP contribution in [0.1, 0.15) is 34.6 Å². The Hall–Kier alpha value is -3.28. The molecule has 1 unspecified atom stereocenters. The van der Waals surface area contributed by atoms with Gasteiger partial charge in [0.25, 0.3) is 13.4 Å². The highest BCUT2D eigenvalue weighted by molar-refractivity contribution is 6.99. The summed E-state index contributed by atoms with van der Waals surface area (Å²) in [4.78, 5) is 39.3. The van der Waals surface area contributed by atoms with E-state index in [1.807, 2.05) is 60.7 Å². The van der Waals surface area contributed by atoms with E-state index in [4.69, 9.17) is 18.6 Å². The van der Waals surface area contributed by atoms with Crippen molar-refractivity contribution in [2.75, 3.05) is 6.61 Å². The van der Waals surface area contributed by atoms with Crippen molar-refractivity contribution in [3.63, 3.8) is 0 Å². The van der Waals surface area contributed by atoms with Crippen LogP contribution < -0.4 is 10.4 Å². The van der Waals surface area contributed by atoms with Crippen LogP contribution in [0, 0.1) is 10.1 Å². The van der Waals surface area contributed by atoms with Crippen molar-refractivity contribution in [1.82, 2.24) is 0 Å². The molecule has 1 heterocycles. The van der Waals surface area contributed by atoms with E-state index in [-0.39, 0.29) is 11.6 Å². The van der Waals surface area contributed by atoms with E-state index in [0.29, 0.717) is 0 Å². The summed E-state index contributed by atoms with van der Waals surface area (Å²) in [6.07, 6.45) is -5.09. The molecule has 1 aliphatic heterocycles. The maximum absolute atomic E-state index is 11.9. The predicted molar refractivity (Wildman–Crippen MR) is 131 cm³/mol. The van der Waals surface area contributed by atoms with Crippen LogP contribution in [0.25, 0.3) is 0 Å². The third-order valence-corrected chi connectivity index (χ3v) is 10.9. The first-order chi connectivity index (χ1) is 17.0. The maximum Gasteiger partial charge on any atom is 0.303 e. The van der Waals surface area contributed by atoms with Gasteiger partial charge in [-0.05, 0) is 15.4 Å². The molecule has 0 aliphatic carbocycles. The van der Waals surface area contributed by atoms with E-state index in [9.17, 15) is 19.7 Å². The highest BCUT2D eigenvalue weighted by Crippen LogP contribution is 2.38. The van der Waals surface area contributed by atoms with Gasteiger partial charge in [-0.3, -0.25) is 14.4 Å². The summed E-state index contributed by atoms with van der Waals surface area (Å²) in [6.45, 7) is 8.52. The highest BCUT2D eigenvalue weighted by atomic mass is 28.4. The second-order valence-electron chi connectivity index (χ2n) is 9.49. The van der Waals surface area contributed by atoms with Gasteiger partial charge in [0.1, 0.15) is 6.10 Å². The predicted octanol–water partition coefficient (Wildman–Crippen LogP) is 2.36. The van der Waals surface area contributed by atoms with E-state index in [1.165, 1.54) is 6.92 Å². The molecule has 36 heavy (non-hydrogen) atoms. The Balaban J connectivity index is 2.03. The number of hydrogen-bond acceptors (Lipinski definition) is 9. The normalized spacial score (nSPS) is 22.0. The number of rotatable bonds is 9. The Morgan fingerprint density at radius 3 is 1.81 bits per heavy atom. The van der Waals surface area contributed by atoms with Crippen LogP contribution in [0.3, 0.4) is 0 Å². The Morgan fingerprint density at radius 1 is 0.917 bits per heavy atom. The lowest BCUT2D eigenvalue weighted by atomic mass is 10.1. The minimum absolute atomic E-state index is 0.0967. The third kappa shape index (κ3) is 5.92. The topological polar surface area (TPSA) is 123 Å². The molecule has 194 valence electrons. The second-order valence-corrected chi connectivity index (χ2v) is 13.8. The van der Waals surface area contributed by atoms with E-state index in [0.717, 1.165) is 17.3 Å². The van der Waals surface area contributed by atoms with Crippen LogP contribution in [0.4, 0.5) is 0 Å². The lowest BCUT2D eigenvalue weighted by Gasteiger charge is -2.43. The van der Waals surface area contributed by atoms with Gasteiger partial charge < -0.3 is 18.6 Å². The molecule has 0 bridgehead atoms. The lowest BCUT2D eigenvalue weighted by molar-refractivity contribution is -0.781. The molecule has 1 saturated heterocycles. The fourth-order valence-corrected chi connectivity index (χ4v) is 9.18. The molecule has 2 aromatic carbocycles. The minimum atomic E-state index is -3.00. The Labute approximate surface area is 210 Å². The van der Waals surface area contributed by atoms with Crippen LogP contribution in [0.2, 0.25) is 5.04 Å². The van der Waals surface area contributed by atoms with Crippen LogP contribution in [-0.2, 0) is 33.1 Å². The van der Waals surface area contributed by atoms with Crippen molar-refractivity contribution in [2.24, 2.45) is 0 Å². The molecule has 2 aromatic rings. The summed E-state index contributed by atoms with van der Waals surface area (Å²) >= 11 is 0. The molecule has 1 aliphatic rings. The Kier molecular flexibility index (Phi) is 8.49. The number of hydrogen-bond donors (Lipinski definition) is 0. The SMILES string of the molecule is CC(=O)O[C@H]1[C@@H](CO[Si](c2ccccc2)(c2ccccc2)C(C)(C)C)OC(O[N+](=O)[O-])[C@@H]1OC(C)=O. The summed E-state index contributed by atoms with van der Waals surface area (Å²) in [5.74, 6) is -1.40. The first-order valence-corrected chi connectivity index (χ1v) is 13.4. The van der Waals surface area contributed by atoms with Crippen LogP contribution in [0.5, 0.6) is 0 Å². The van der Waals surface area contributed by atoms with Crippen LogP contribution in [0.15, 0.2) is 60.7 Å². The summed E-state index contributed by atoms with van der Waals surface area (Å²) in [6, 6.07) is 19.7. The summed E-state index contributed by atoms with van der Waals surface area (Å²) in [5.41, 5.74) is 0. The van der Waals surface area contributed by atoms with Crippen molar-refractivity contribution in [3.05, 3.63) is 70.8 Å². The number of carbonyl (C=O) groups excluding carboxylic acids is 2. The minimum Gasteiger partial charge on any atom is -0.456 e. The standard InChI is InChI=1S/C25H31NO9Si/c1-17(27)32-22-21(34-24(35-26(29)30)23(22)33-18(2)28)16-31-36(25(3,4)5,19-12-8-6-9-13-19)20-14-10-7-11-15-20/h6-15,21-24H,16H2,1-5H3/t21-,22+,23-,24?/m1/s1. The van der Waals surface area contributed by atoms with Gasteiger partial charge in [-0.15, -0.1) is 10.1 Å². The lowest BCUT2D eigenvalue weighted by Crippen LogP contribution is -2.67. The fourth-order valence-electron chi connectivity index (χ4n) is 4.61. The number of nitrogens with zero attached hydrogens (tertiary/aromatic N) is 1. The largest absolute Gasteiger partial charge is 0.456 e. The molecule has 1 fully saturated rings. The summed E-state index contributed by atoms with van der Waals surface area (Å²) in [7, 11) is -3.00. The molecule has 0 radical (unpaired) electrons. The number of ether oxygens (including phenoxy) is 3. The average Bonchev–Trinajstić information content (AvgIpc) is 3.09. The molecule has 3 rings (SSSR count). The Bertz CT molecular complexity index is 1020. The number of benzene rings is 2. The number of carbonyl (C=O) groups is 2. The van der Waals surface area contributed by atoms with E-state index in [1.54, 1.807) is 0 Å². The van der Waals surface area contributed by atoms with Gasteiger partial charge in [0.15, 0.2) is 12.2 Å². The molecule has 0 aromatic heterocycles. The zero-order valence-corrected chi connectivity index (χ0v) is 21.9. The van der Waals surface area contributed by atoms with Crippen molar-refractivity contribution in [2.45, 2.75) is 64.3 Å². The van der Waals surface area contributed by atoms with E-state index in [2.05, 4.69) is 25.6 Å². The molecule has 0 amide bonds. The van der Waals surface area contributed by atoms with Crippen molar-refractivity contribution in [3.8, 4) is 0 Å². The first kappa shape index (κ1) is 27.3. The molecular formula is C25H31NO9Si. The zero-order valence-electron chi connectivity index (χ0n) is 20.9. The molecule has 0 spiro atoms. The van der Waals surface area contributed by atoms with Gasteiger partial charge in [0.05, 0.1) is 6.61 Å². The fraction of sp³-hybridized carbons (Fsp3) is 0.440. The molecule has 10 nitrogen and oxygen atoms in total. The van der Waals surface area contributed by atoms with Crippen LogP contribution >= 0.6 is 0 Å². The van der Waals surface area contributed by atoms with Gasteiger partial charge in [-0.1, -0.05) is 81.4 Å². The molecule has 0 saturated carbocycles. The molecule has 0 N–H and O–H groups in total. The van der Waals surface area contributed by atoms with Gasteiger partial charge >= 0.3 is 11.9 Å². The average molecular weight is 518 g/mol. The van der Waals surface area contributed by atoms with E-state index >= 15 is 0 Å². The highest BCUT2D eigenvalue weighted by Gasteiger charge is 2.55.